The number of rotatable bonds is 6. The fraction of sp³-hybridized carbons (Fsp3) is 0.429. The minimum atomic E-state index is -1.07. The first kappa shape index (κ1) is 21.0. The zero-order valence-electron chi connectivity index (χ0n) is 16.3. The molecule has 0 saturated carbocycles. The van der Waals surface area contributed by atoms with Gasteiger partial charge in [0, 0.05) is 5.02 Å². The summed E-state index contributed by atoms with van der Waals surface area (Å²) in [5.41, 5.74) is 0.815. The van der Waals surface area contributed by atoms with Gasteiger partial charge >= 0.3 is 5.97 Å². The summed E-state index contributed by atoms with van der Waals surface area (Å²) in [5, 5.41) is 3.27. The van der Waals surface area contributed by atoms with Crippen LogP contribution in [0.2, 0.25) is 5.02 Å². The van der Waals surface area contributed by atoms with Crippen molar-refractivity contribution in [3.05, 3.63) is 47.0 Å². The van der Waals surface area contributed by atoms with Crippen molar-refractivity contribution in [3.8, 4) is 0 Å². The third-order valence-corrected chi connectivity index (χ3v) is 5.58. The Hall–Kier alpha value is -2.67. The summed E-state index contributed by atoms with van der Waals surface area (Å²) in [6.45, 7) is 2.72. The van der Waals surface area contributed by atoms with Crippen LogP contribution in [0.3, 0.4) is 0 Å². The van der Waals surface area contributed by atoms with Gasteiger partial charge in [-0.2, -0.15) is 0 Å². The fourth-order valence-corrected chi connectivity index (χ4v) is 3.91. The van der Waals surface area contributed by atoms with Crippen LogP contribution in [0.4, 0.5) is 0 Å². The Kier molecular flexibility index (Phi) is 6.37. The number of nitrogens with zero attached hydrogens (tertiary/aromatic N) is 1. The van der Waals surface area contributed by atoms with Gasteiger partial charge in [0.1, 0.15) is 6.04 Å². The minimum absolute atomic E-state index is 0.324. The number of amides is 3. The summed E-state index contributed by atoms with van der Waals surface area (Å²) >= 11 is 5.95. The van der Waals surface area contributed by atoms with E-state index >= 15 is 0 Å². The second-order valence-electron chi connectivity index (χ2n) is 7.33. The molecule has 4 atom stereocenters. The van der Waals surface area contributed by atoms with Crippen molar-refractivity contribution < 1.29 is 23.9 Å². The molecule has 1 N–H and O–H groups in total. The lowest BCUT2D eigenvalue weighted by atomic mass is 9.85. The highest BCUT2D eigenvalue weighted by Crippen LogP contribution is 2.36. The molecular weight excluding hydrogens is 396 g/mol. The van der Waals surface area contributed by atoms with Crippen LogP contribution in [0.1, 0.15) is 38.3 Å². The summed E-state index contributed by atoms with van der Waals surface area (Å²) in [6, 6.07) is 5.67. The van der Waals surface area contributed by atoms with Gasteiger partial charge in [0.25, 0.3) is 5.91 Å². The topological polar surface area (TPSA) is 92.8 Å². The molecule has 154 valence electrons. The molecule has 7 nitrogen and oxygen atoms in total. The molecular formula is C21H23ClN2O5. The number of allylic oxidation sites excluding steroid dienone is 2. The molecule has 2 aliphatic rings. The summed E-state index contributed by atoms with van der Waals surface area (Å²) < 4.78 is 5.05. The monoisotopic (exact) mass is 418 g/mol. The number of halogens is 1. The van der Waals surface area contributed by atoms with E-state index < -0.39 is 36.4 Å². The van der Waals surface area contributed by atoms with E-state index in [2.05, 4.69) is 5.32 Å². The highest BCUT2D eigenvalue weighted by Gasteiger charge is 2.50. The fourth-order valence-electron chi connectivity index (χ4n) is 3.71. The maximum atomic E-state index is 12.5. The van der Waals surface area contributed by atoms with Crippen LogP contribution in [0.5, 0.6) is 0 Å². The van der Waals surface area contributed by atoms with Crippen molar-refractivity contribution in [3.63, 3.8) is 0 Å². The number of nitrogens with one attached hydrogen (secondary N) is 1. The van der Waals surface area contributed by atoms with E-state index in [-0.39, 0.29) is 17.9 Å². The summed E-state index contributed by atoms with van der Waals surface area (Å²) in [6.07, 6.45) is 4.75. The summed E-state index contributed by atoms with van der Waals surface area (Å²) in [7, 11) is 0. The first-order valence-electron chi connectivity index (χ1n) is 9.53. The molecule has 0 spiro atoms. The first-order valence-corrected chi connectivity index (χ1v) is 9.90. The highest BCUT2D eigenvalue weighted by molar-refractivity contribution is 6.30. The largest absolute Gasteiger partial charge is 0.454 e. The third kappa shape index (κ3) is 4.50. The SMILES string of the molecule is C[C@@H](NC(=O)COC(=O)[C@H](C)N1C(=O)[C@H]2CC=CC[C@H]2C1=O)c1cccc(Cl)c1. The van der Waals surface area contributed by atoms with E-state index in [1.807, 2.05) is 18.2 Å². The number of ether oxygens (including phenoxy) is 1. The molecule has 1 aromatic carbocycles. The number of imide groups is 1. The Morgan fingerprint density at radius 3 is 2.38 bits per heavy atom. The van der Waals surface area contributed by atoms with Crippen LogP contribution in [0, 0.1) is 11.8 Å². The van der Waals surface area contributed by atoms with E-state index in [0.717, 1.165) is 10.5 Å². The van der Waals surface area contributed by atoms with Gasteiger partial charge in [0.2, 0.25) is 11.8 Å². The van der Waals surface area contributed by atoms with Gasteiger partial charge in [-0.1, -0.05) is 35.9 Å². The van der Waals surface area contributed by atoms with E-state index in [9.17, 15) is 19.2 Å². The molecule has 1 aromatic rings. The number of fused-ring (bicyclic) bond motifs is 1. The van der Waals surface area contributed by atoms with Crippen molar-refractivity contribution in [1.82, 2.24) is 10.2 Å². The number of carbonyl (C=O) groups excluding carboxylic acids is 4. The molecule has 8 heteroatoms. The zero-order chi connectivity index (χ0) is 21.1. The normalized spacial score (nSPS) is 22.8. The average Bonchev–Trinajstić information content (AvgIpc) is 2.96. The summed E-state index contributed by atoms with van der Waals surface area (Å²) in [4.78, 5) is 50.5. The third-order valence-electron chi connectivity index (χ3n) is 5.34. The smallest absolute Gasteiger partial charge is 0.329 e. The van der Waals surface area contributed by atoms with Gasteiger partial charge in [0.15, 0.2) is 6.61 Å². The Morgan fingerprint density at radius 1 is 1.17 bits per heavy atom. The lowest BCUT2D eigenvalue weighted by molar-refractivity contribution is -0.159. The lowest BCUT2D eigenvalue weighted by Gasteiger charge is -2.21. The molecule has 0 radical (unpaired) electrons. The molecule has 3 amide bonds. The van der Waals surface area contributed by atoms with Crippen LogP contribution in [-0.2, 0) is 23.9 Å². The second-order valence-corrected chi connectivity index (χ2v) is 7.77. The first-order chi connectivity index (χ1) is 13.8. The molecule has 3 rings (SSSR count). The molecule has 0 bridgehead atoms. The Balaban J connectivity index is 1.53. The molecule has 29 heavy (non-hydrogen) atoms. The molecule has 1 saturated heterocycles. The van der Waals surface area contributed by atoms with Gasteiger partial charge < -0.3 is 10.1 Å². The van der Waals surface area contributed by atoms with Crippen molar-refractivity contribution in [2.24, 2.45) is 11.8 Å². The van der Waals surface area contributed by atoms with E-state index in [1.165, 1.54) is 6.92 Å². The van der Waals surface area contributed by atoms with Gasteiger partial charge in [-0.15, -0.1) is 0 Å². The Morgan fingerprint density at radius 2 is 1.79 bits per heavy atom. The standard InChI is InChI=1S/C21H23ClN2O5/c1-12(14-6-5-7-15(22)10-14)23-18(25)11-29-21(28)13(2)24-19(26)16-8-3-4-9-17(16)20(24)27/h3-7,10,12-13,16-17H,8-9,11H2,1-2H3,(H,23,25)/t12-,13+,16-,17+/m1/s1. The van der Waals surface area contributed by atoms with Crippen molar-refractivity contribution in [2.75, 3.05) is 6.61 Å². The number of esters is 1. The average molecular weight is 419 g/mol. The Labute approximate surface area is 174 Å². The number of likely N-dealkylation sites (tertiary alicyclic amines) is 1. The molecule has 1 aliphatic heterocycles. The molecule has 1 aliphatic carbocycles. The van der Waals surface area contributed by atoms with Crippen molar-refractivity contribution >= 4 is 35.3 Å². The lowest BCUT2D eigenvalue weighted by Crippen LogP contribution is -2.45. The second kappa shape index (κ2) is 8.78. The van der Waals surface area contributed by atoms with E-state index in [0.29, 0.717) is 17.9 Å². The van der Waals surface area contributed by atoms with Crippen LogP contribution in [-0.4, -0.2) is 41.2 Å². The van der Waals surface area contributed by atoms with E-state index in [4.69, 9.17) is 16.3 Å². The maximum absolute atomic E-state index is 12.5. The number of benzene rings is 1. The molecule has 1 fully saturated rings. The molecule has 0 aromatic heterocycles. The highest BCUT2D eigenvalue weighted by atomic mass is 35.5. The van der Waals surface area contributed by atoms with E-state index in [1.54, 1.807) is 25.1 Å². The quantitative estimate of drug-likeness (QED) is 0.435. The van der Waals surface area contributed by atoms with Gasteiger partial charge in [-0.3, -0.25) is 19.3 Å². The molecule has 1 heterocycles. The maximum Gasteiger partial charge on any atom is 0.329 e. The van der Waals surface area contributed by atoms with Gasteiger partial charge in [-0.25, -0.2) is 4.79 Å². The van der Waals surface area contributed by atoms with Crippen molar-refractivity contribution in [2.45, 2.75) is 38.8 Å². The minimum Gasteiger partial charge on any atom is -0.454 e. The number of hydrogen-bond acceptors (Lipinski definition) is 5. The van der Waals surface area contributed by atoms with Crippen LogP contribution in [0.15, 0.2) is 36.4 Å². The van der Waals surface area contributed by atoms with Crippen molar-refractivity contribution in [1.29, 1.82) is 0 Å². The van der Waals surface area contributed by atoms with Crippen LogP contribution >= 0.6 is 11.6 Å². The predicted octanol–water partition coefficient (Wildman–Crippen LogP) is 2.40. The number of hydrogen-bond donors (Lipinski definition) is 1. The van der Waals surface area contributed by atoms with Gasteiger partial charge in [-0.05, 0) is 44.4 Å². The van der Waals surface area contributed by atoms with Crippen LogP contribution in [0.25, 0.3) is 0 Å². The molecule has 0 unspecified atom stereocenters. The Bertz CT molecular complexity index is 842. The summed E-state index contributed by atoms with van der Waals surface area (Å²) in [5.74, 6) is -2.81. The van der Waals surface area contributed by atoms with Crippen LogP contribution < -0.4 is 5.32 Å². The van der Waals surface area contributed by atoms with Gasteiger partial charge in [0.05, 0.1) is 17.9 Å². The number of carbonyl (C=O) groups is 4. The zero-order valence-corrected chi connectivity index (χ0v) is 17.0. The predicted molar refractivity (Wildman–Crippen MR) is 106 cm³/mol.